The third-order valence-corrected chi connectivity index (χ3v) is 4.11. The maximum Gasteiger partial charge on any atom is 0.411 e. The van der Waals surface area contributed by atoms with Crippen molar-refractivity contribution in [2.24, 2.45) is 0 Å². The number of sulfonamides is 1. The Hall–Kier alpha value is -2.54. The summed E-state index contributed by atoms with van der Waals surface area (Å²) in [6.45, 7) is 1.99. The maximum atomic E-state index is 12.1. The molecule has 0 heterocycles. The summed E-state index contributed by atoms with van der Waals surface area (Å²) in [5.74, 6) is 0. The van der Waals surface area contributed by atoms with E-state index in [2.05, 4.69) is 10.0 Å². The number of hydrogen-bond acceptors (Lipinski definition) is 4. The molecule has 116 valence electrons. The lowest BCUT2D eigenvalue weighted by Gasteiger charge is -2.09. The molecule has 0 aromatic heterocycles. The van der Waals surface area contributed by atoms with Gasteiger partial charge in [-0.25, -0.2) is 13.2 Å². The first-order chi connectivity index (χ1) is 10.5. The molecule has 0 unspecified atom stereocenters. The van der Waals surface area contributed by atoms with Gasteiger partial charge in [0, 0.05) is 11.4 Å². The SMILES string of the molecule is CCOC(=O)Nc1ccc(NS(=O)(=O)c2ccccc2)cc1. The van der Waals surface area contributed by atoms with E-state index in [1.165, 1.54) is 12.1 Å². The van der Waals surface area contributed by atoms with E-state index in [0.29, 0.717) is 11.4 Å². The van der Waals surface area contributed by atoms with Crippen LogP contribution in [0.4, 0.5) is 16.2 Å². The van der Waals surface area contributed by atoms with Gasteiger partial charge in [0.1, 0.15) is 0 Å². The Kier molecular flexibility index (Phi) is 5.00. The smallest absolute Gasteiger partial charge is 0.411 e. The van der Waals surface area contributed by atoms with Crippen molar-refractivity contribution in [2.45, 2.75) is 11.8 Å². The van der Waals surface area contributed by atoms with E-state index in [1.807, 2.05) is 0 Å². The molecule has 0 spiro atoms. The molecule has 2 aromatic rings. The average molecular weight is 320 g/mol. The third kappa shape index (κ3) is 4.23. The van der Waals surface area contributed by atoms with Gasteiger partial charge in [0.25, 0.3) is 10.0 Å². The second kappa shape index (κ2) is 6.95. The fourth-order valence-electron chi connectivity index (χ4n) is 1.72. The van der Waals surface area contributed by atoms with Crippen LogP contribution in [0.15, 0.2) is 59.5 Å². The summed E-state index contributed by atoms with van der Waals surface area (Å²) in [7, 11) is -3.62. The van der Waals surface area contributed by atoms with Gasteiger partial charge in [0.15, 0.2) is 0 Å². The van der Waals surface area contributed by atoms with Crippen molar-refractivity contribution in [3.8, 4) is 0 Å². The molecule has 6 nitrogen and oxygen atoms in total. The summed E-state index contributed by atoms with van der Waals surface area (Å²) in [6, 6.07) is 14.4. The average Bonchev–Trinajstić information content (AvgIpc) is 2.50. The number of hydrogen-bond donors (Lipinski definition) is 2. The van der Waals surface area contributed by atoms with Crippen LogP contribution in [-0.2, 0) is 14.8 Å². The third-order valence-electron chi connectivity index (χ3n) is 2.71. The number of benzene rings is 2. The molecule has 0 fully saturated rings. The molecule has 7 heteroatoms. The van der Waals surface area contributed by atoms with Crippen LogP contribution in [0.3, 0.4) is 0 Å². The van der Waals surface area contributed by atoms with Crippen LogP contribution in [-0.4, -0.2) is 21.1 Å². The van der Waals surface area contributed by atoms with E-state index in [9.17, 15) is 13.2 Å². The van der Waals surface area contributed by atoms with Crippen LogP contribution in [0.1, 0.15) is 6.92 Å². The molecule has 2 aromatic carbocycles. The van der Waals surface area contributed by atoms with Gasteiger partial charge >= 0.3 is 6.09 Å². The molecular formula is C15H16N2O4S. The van der Waals surface area contributed by atoms with Crippen LogP contribution in [0, 0.1) is 0 Å². The molecule has 0 aliphatic carbocycles. The lowest BCUT2D eigenvalue weighted by atomic mass is 10.3. The van der Waals surface area contributed by atoms with Crippen molar-refractivity contribution in [3.05, 3.63) is 54.6 Å². The van der Waals surface area contributed by atoms with Crippen LogP contribution in [0.25, 0.3) is 0 Å². The van der Waals surface area contributed by atoms with E-state index in [4.69, 9.17) is 4.74 Å². The molecule has 0 aliphatic heterocycles. The van der Waals surface area contributed by atoms with Crippen LogP contribution < -0.4 is 10.0 Å². The molecule has 0 bridgehead atoms. The standard InChI is InChI=1S/C15H16N2O4S/c1-2-21-15(18)16-12-8-10-13(11-9-12)17-22(19,20)14-6-4-3-5-7-14/h3-11,17H,2H2,1H3,(H,16,18). The van der Waals surface area contributed by atoms with Gasteiger partial charge in [-0.05, 0) is 43.3 Å². The van der Waals surface area contributed by atoms with Crippen molar-refractivity contribution in [3.63, 3.8) is 0 Å². The number of rotatable bonds is 5. The first-order valence-electron chi connectivity index (χ1n) is 6.63. The van der Waals surface area contributed by atoms with E-state index in [-0.39, 0.29) is 11.5 Å². The normalized spacial score (nSPS) is 10.8. The predicted molar refractivity (Wildman–Crippen MR) is 84.3 cm³/mol. The van der Waals surface area contributed by atoms with E-state index >= 15 is 0 Å². The molecule has 0 aliphatic rings. The van der Waals surface area contributed by atoms with Gasteiger partial charge < -0.3 is 4.74 Å². The fourth-order valence-corrected chi connectivity index (χ4v) is 2.80. The molecule has 2 N–H and O–H groups in total. The first-order valence-corrected chi connectivity index (χ1v) is 8.11. The van der Waals surface area contributed by atoms with Crippen molar-refractivity contribution >= 4 is 27.5 Å². The highest BCUT2D eigenvalue weighted by atomic mass is 32.2. The Morgan fingerprint density at radius 2 is 1.59 bits per heavy atom. The Bertz CT molecular complexity index is 728. The topological polar surface area (TPSA) is 84.5 Å². The van der Waals surface area contributed by atoms with Gasteiger partial charge in [-0.2, -0.15) is 0 Å². The fraction of sp³-hybridized carbons (Fsp3) is 0.133. The van der Waals surface area contributed by atoms with Crippen molar-refractivity contribution < 1.29 is 17.9 Å². The quantitative estimate of drug-likeness (QED) is 0.886. The summed E-state index contributed by atoms with van der Waals surface area (Å²) < 4.78 is 31.5. The Morgan fingerprint density at radius 3 is 2.18 bits per heavy atom. The largest absolute Gasteiger partial charge is 0.450 e. The zero-order valence-electron chi connectivity index (χ0n) is 11.9. The molecule has 1 amide bonds. The van der Waals surface area contributed by atoms with E-state index in [0.717, 1.165) is 0 Å². The minimum absolute atomic E-state index is 0.184. The monoisotopic (exact) mass is 320 g/mol. The van der Waals surface area contributed by atoms with Gasteiger partial charge in [-0.1, -0.05) is 18.2 Å². The highest BCUT2D eigenvalue weighted by molar-refractivity contribution is 7.92. The molecule has 22 heavy (non-hydrogen) atoms. The second-order valence-corrected chi connectivity index (χ2v) is 6.02. The Balaban J connectivity index is 2.07. The minimum atomic E-state index is -3.62. The summed E-state index contributed by atoms with van der Waals surface area (Å²) in [5.41, 5.74) is 0.916. The van der Waals surface area contributed by atoms with Crippen LogP contribution in [0.2, 0.25) is 0 Å². The lowest BCUT2D eigenvalue weighted by Crippen LogP contribution is -2.14. The molecule has 0 atom stereocenters. The van der Waals surface area contributed by atoms with Gasteiger partial charge in [0.05, 0.1) is 11.5 Å². The number of carbonyl (C=O) groups is 1. The summed E-state index contributed by atoms with van der Waals surface area (Å²) >= 11 is 0. The zero-order chi connectivity index (χ0) is 16.0. The van der Waals surface area contributed by atoms with Crippen molar-refractivity contribution in [1.29, 1.82) is 0 Å². The summed E-state index contributed by atoms with van der Waals surface area (Å²) in [4.78, 5) is 11.5. The first kappa shape index (κ1) is 15.8. The Morgan fingerprint density at radius 1 is 1.00 bits per heavy atom. The maximum absolute atomic E-state index is 12.1. The number of nitrogens with one attached hydrogen (secondary N) is 2. The van der Waals surface area contributed by atoms with Crippen LogP contribution in [0.5, 0.6) is 0 Å². The molecule has 2 rings (SSSR count). The Labute approximate surface area is 129 Å². The molecule has 0 radical (unpaired) electrons. The van der Waals surface area contributed by atoms with Crippen molar-refractivity contribution in [2.75, 3.05) is 16.6 Å². The highest BCUT2D eigenvalue weighted by Gasteiger charge is 2.13. The highest BCUT2D eigenvalue weighted by Crippen LogP contribution is 2.18. The lowest BCUT2D eigenvalue weighted by molar-refractivity contribution is 0.168. The molecular weight excluding hydrogens is 304 g/mol. The number of ether oxygens (including phenoxy) is 1. The molecule has 0 saturated carbocycles. The second-order valence-electron chi connectivity index (χ2n) is 4.34. The predicted octanol–water partition coefficient (Wildman–Crippen LogP) is 3.06. The van der Waals surface area contributed by atoms with Crippen molar-refractivity contribution in [1.82, 2.24) is 0 Å². The van der Waals surface area contributed by atoms with Gasteiger partial charge in [-0.3, -0.25) is 10.0 Å². The van der Waals surface area contributed by atoms with E-state index < -0.39 is 16.1 Å². The molecule has 0 saturated heterocycles. The summed E-state index contributed by atoms with van der Waals surface area (Å²) in [5, 5.41) is 2.53. The summed E-state index contributed by atoms with van der Waals surface area (Å²) in [6.07, 6.45) is -0.555. The zero-order valence-corrected chi connectivity index (χ0v) is 12.8. The number of anilines is 2. The number of carbonyl (C=O) groups excluding carboxylic acids is 1. The number of amides is 1. The van der Waals surface area contributed by atoms with Gasteiger partial charge in [-0.15, -0.1) is 0 Å². The van der Waals surface area contributed by atoms with E-state index in [1.54, 1.807) is 49.4 Å². The van der Waals surface area contributed by atoms with Crippen LogP contribution >= 0.6 is 0 Å². The minimum Gasteiger partial charge on any atom is -0.450 e. The van der Waals surface area contributed by atoms with Gasteiger partial charge in [0.2, 0.25) is 0 Å².